The topological polar surface area (TPSA) is 45.5 Å². The van der Waals surface area contributed by atoms with Gasteiger partial charge in [-0.05, 0) is 17.7 Å². The van der Waals surface area contributed by atoms with Crippen molar-refractivity contribution < 1.29 is 5.11 Å². The summed E-state index contributed by atoms with van der Waals surface area (Å²) in [6.45, 7) is -0.00660. The molecule has 0 saturated carbocycles. The number of aliphatic imine (C=N–C) groups is 1. The lowest BCUT2D eigenvalue weighted by Gasteiger charge is -2.08. The Morgan fingerprint density at radius 1 is 1.12 bits per heavy atom. The van der Waals surface area contributed by atoms with E-state index in [9.17, 15) is 5.11 Å². The summed E-state index contributed by atoms with van der Waals surface area (Å²) < 4.78 is 0. The van der Waals surface area contributed by atoms with E-state index in [2.05, 4.69) is 9.98 Å². The van der Waals surface area contributed by atoms with Crippen molar-refractivity contribution in [2.24, 2.45) is 4.99 Å². The zero-order valence-electron chi connectivity index (χ0n) is 9.40. The molecule has 86 valence electrons. The molecule has 1 atom stereocenters. The van der Waals surface area contributed by atoms with Crippen molar-refractivity contribution in [1.29, 1.82) is 0 Å². The van der Waals surface area contributed by atoms with Gasteiger partial charge in [-0.1, -0.05) is 36.4 Å². The first-order valence-corrected chi connectivity index (χ1v) is 5.50. The van der Waals surface area contributed by atoms with E-state index in [0.717, 1.165) is 11.3 Å². The molecule has 2 aromatic rings. The Balaban J connectivity index is 2.14. The van der Waals surface area contributed by atoms with Crippen molar-refractivity contribution in [2.75, 3.05) is 6.61 Å². The molecule has 0 saturated heterocycles. The Morgan fingerprint density at radius 3 is 2.53 bits per heavy atom. The molecule has 2 rings (SSSR count). The SMILES string of the molecule is OCC(N=Cc1ccccn1)c1ccccc1. The third kappa shape index (κ3) is 3.23. The number of rotatable bonds is 4. The van der Waals surface area contributed by atoms with Crippen molar-refractivity contribution in [3.05, 3.63) is 66.0 Å². The van der Waals surface area contributed by atoms with Crippen LogP contribution in [0.1, 0.15) is 17.3 Å². The van der Waals surface area contributed by atoms with Gasteiger partial charge < -0.3 is 5.11 Å². The Hall–Kier alpha value is -2.00. The second-order valence-corrected chi connectivity index (χ2v) is 3.64. The van der Waals surface area contributed by atoms with Crippen LogP contribution < -0.4 is 0 Å². The van der Waals surface area contributed by atoms with Crippen LogP contribution in [0.2, 0.25) is 0 Å². The van der Waals surface area contributed by atoms with E-state index in [4.69, 9.17) is 0 Å². The number of hydrogen-bond donors (Lipinski definition) is 1. The first-order valence-electron chi connectivity index (χ1n) is 5.50. The fourth-order valence-electron chi connectivity index (χ4n) is 1.53. The largest absolute Gasteiger partial charge is 0.394 e. The molecule has 0 aliphatic heterocycles. The minimum Gasteiger partial charge on any atom is -0.394 e. The van der Waals surface area contributed by atoms with Gasteiger partial charge in [0.15, 0.2) is 0 Å². The number of aliphatic hydroxyl groups excluding tert-OH is 1. The predicted molar refractivity (Wildman–Crippen MR) is 68.1 cm³/mol. The summed E-state index contributed by atoms with van der Waals surface area (Å²) in [7, 11) is 0. The molecule has 17 heavy (non-hydrogen) atoms. The highest BCUT2D eigenvalue weighted by Gasteiger charge is 2.06. The monoisotopic (exact) mass is 226 g/mol. The van der Waals surface area contributed by atoms with Crippen molar-refractivity contribution in [3.8, 4) is 0 Å². The number of aromatic nitrogens is 1. The zero-order valence-corrected chi connectivity index (χ0v) is 9.40. The van der Waals surface area contributed by atoms with Crippen molar-refractivity contribution in [2.45, 2.75) is 6.04 Å². The fourth-order valence-corrected chi connectivity index (χ4v) is 1.53. The van der Waals surface area contributed by atoms with Crippen LogP contribution in [0.4, 0.5) is 0 Å². The van der Waals surface area contributed by atoms with E-state index in [1.54, 1.807) is 12.4 Å². The molecular weight excluding hydrogens is 212 g/mol. The molecule has 3 heteroatoms. The maximum atomic E-state index is 9.32. The van der Waals surface area contributed by atoms with Crippen LogP contribution in [-0.4, -0.2) is 22.9 Å². The van der Waals surface area contributed by atoms with Crippen LogP contribution in [0.5, 0.6) is 0 Å². The third-order valence-electron chi connectivity index (χ3n) is 2.43. The van der Waals surface area contributed by atoms with Gasteiger partial charge in [0.2, 0.25) is 0 Å². The van der Waals surface area contributed by atoms with Crippen LogP contribution in [0.3, 0.4) is 0 Å². The predicted octanol–water partition coefficient (Wildman–Crippen LogP) is 2.23. The van der Waals surface area contributed by atoms with Crippen LogP contribution in [0.25, 0.3) is 0 Å². The first kappa shape index (κ1) is 11.5. The second-order valence-electron chi connectivity index (χ2n) is 3.64. The quantitative estimate of drug-likeness (QED) is 0.812. The van der Waals surface area contributed by atoms with Crippen molar-refractivity contribution >= 4 is 6.21 Å². The summed E-state index contributed by atoms with van der Waals surface area (Å²) in [4.78, 5) is 8.49. The lowest BCUT2D eigenvalue weighted by atomic mass is 10.1. The summed E-state index contributed by atoms with van der Waals surface area (Å²) in [6.07, 6.45) is 3.41. The van der Waals surface area contributed by atoms with E-state index < -0.39 is 0 Å². The van der Waals surface area contributed by atoms with Gasteiger partial charge in [-0.3, -0.25) is 9.98 Å². The summed E-state index contributed by atoms with van der Waals surface area (Å²) in [6, 6.07) is 15.2. The number of aliphatic hydroxyl groups is 1. The van der Waals surface area contributed by atoms with E-state index in [1.807, 2.05) is 48.5 Å². The van der Waals surface area contributed by atoms with Gasteiger partial charge in [-0.25, -0.2) is 0 Å². The average Bonchev–Trinajstić information content (AvgIpc) is 2.42. The van der Waals surface area contributed by atoms with Gasteiger partial charge >= 0.3 is 0 Å². The molecule has 1 N–H and O–H groups in total. The molecule has 0 aliphatic carbocycles. The molecule has 0 radical (unpaired) electrons. The van der Waals surface area contributed by atoms with E-state index in [1.165, 1.54) is 0 Å². The zero-order chi connectivity index (χ0) is 11.9. The van der Waals surface area contributed by atoms with Crippen LogP contribution in [0.15, 0.2) is 59.7 Å². The summed E-state index contributed by atoms with van der Waals surface area (Å²) in [5, 5.41) is 9.32. The first-order chi connectivity index (χ1) is 8.40. The molecule has 1 aromatic heterocycles. The highest BCUT2D eigenvalue weighted by atomic mass is 16.3. The standard InChI is InChI=1S/C14H14N2O/c17-11-14(12-6-2-1-3-7-12)16-10-13-8-4-5-9-15-13/h1-10,14,17H,11H2. The molecule has 0 fully saturated rings. The third-order valence-corrected chi connectivity index (χ3v) is 2.43. The molecule has 1 aromatic carbocycles. The average molecular weight is 226 g/mol. The maximum absolute atomic E-state index is 9.32. The molecule has 3 nitrogen and oxygen atoms in total. The van der Waals surface area contributed by atoms with Gasteiger partial charge in [0.05, 0.1) is 18.3 Å². The van der Waals surface area contributed by atoms with Crippen molar-refractivity contribution in [3.63, 3.8) is 0 Å². The Labute approximate surface area is 100 Å². The number of hydrogen-bond acceptors (Lipinski definition) is 3. The van der Waals surface area contributed by atoms with Gasteiger partial charge in [-0.2, -0.15) is 0 Å². The lowest BCUT2D eigenvalue weighted by molar-refractivity contribution is 0.269. The van der Waals surface area contributed by atoms with Gasteiger partial charge in [0.1, 0.15) is 0 Å². The number of pyridine rings is 1. The van der Waals surface area contributed by atoms with Crippen LogP contribution in [-0.2, 0) is 0 Å². The molecule has 0 spiro atoms. The summed E-state index contributed by atoms with van der Waals surface area (Å²) in [5.74, 6) is 0. The molecule has 0 amide bonds. The maximum Gasteiger partial charge on any atom is 0.0980 e. The Morgan fingerprint density at radius 2 is 1.88 bits per heavy atom. The molecular formula is C14H14N2O. The molecule has 0 bridgehead atoms. The minimum absolute atomic E-state index is 0.00660. The second kappa shape index (κ2) is 5.92. The van der Waals surface area contributed by atoms with E-state index in [0.29, 0.717) is 0 Å². The van der Waals surface area contributed by atoms with E-state index >= 15 is 0 Å². The van der Waals surface area contributed by atoms with Gasteiger partial charge in [0.25, 0.3) is 0 Å². The van der Waals surface area contributed by atoms with Crippen LogP contribution in [0, 0.1) is 0 Å². The molecule has 1 unspecified atom stereocenters. The summed E-state index contributed by atoms with van der Waals surface area (Å²) >= 11 is 0. The number of benzene rings is 1. The smallest absolute Gasteiger partial charge is 0.0980 e. The molecule has 1 heterocycles. The van der Waals surface area contributed by atoms with Crippen LogP contribution >= 0.6 is 0 Å². The highest BCUT2D eigenvalue weighted by Crippen LogP contribution is 2.15. The lowest BCUT2D eigenvalue weighted by Crippen LogP contribution is -2.01. The van der Waals surface area contributed by atoms with Crippen molar-refractivity contribution in [1.82, 2.24) is 4.98 Å². The highest BCUT2D eigenvalue weighted by molar-refractivity contribution is 5.76. The fraction of sp³-hybridized carbons (Fsp3) is 0.143. The van der Waals surface area contributed by atoms with Gasteiger partial charge in [0, 0.05) is 12.4 Å². The Kier molecular flexibility index (Phi) is 4.00. The van der Waals surface area contributed by atoms with E-state index in [-0.39, 0.29) is 12.6 Å². The Bertz CT molecular complexity index is 468. The number of nitrogens with zero attached hydrogens (tertiary/aromatic N) is 2. The normalized spacial score (nSPS) is 12.8. The molecule has 0 aliphatic rings. The van der Waals surface area contributed by atoms with Gasteiger partial charge in [-0.15, -0.1) is 0 Å². The summed E-state index contributed by atoms with van der Waals surface area (Å²) in [5.41, 5.74) is 1.80. The minimum atomic E-state index is -0.224.